The summed E-state index contributed by atoms with van der Waals surface area (Å²) in [6, 6.07) is 22.4. The van der Waals surface area contributed by atoms with Crippen LogP contribution in [-0.4, -0.2) is 17.0 Å². The van der Waals surface area contributed by atoms with Crippen molar-refractivity contribution < 1.29 is 19.8 Å². The van der Waals surface area contributed by atoms with E-state index in [2.05, 4.69) is 5.32 Å². The van der Waals surface area contributed by atoms with Crippen LogP contribution in [0, 0.1) is 0 Å². The number of hydrogen-bond acceptors (Lipinski definition) is 3. The molecule has 0 radical (unpaired) electrons. The molecule has 5 nitrogen and oxygen atoms in total. The minimum absolute atomic E-state index is 0.266. The fourth-order valence-electron chi connectivity index (χ4n) is 2.78. The van der Waals surface area contributed by atoms with E-state index >= 15 is 0 Å². The van der Waals surface area contributed by atoms with Gasteiger partial charge in [0, 0.05) is 5.69 Å². The normalized spacial score (nSPS) is 10.5. The smallest absolute Gasteiger partial charge is 0.335 e. The molecule has 0 heterocycles. The van der Waals surface area contributed by atoms with Gasteiger partial charge in [-0.15, -0.1) is 0 Å². The van der Waals surface area contributed by atoms with E-state index < -0.39 is 17.6 Å². The molecule has 0 spiro atoms. The van der Waals surface area contributed by atoms with Gasteiger partial charge in [-0.05, 0) is 29.3 Å². The van der Waals surface area contributed by atoms with Gasteiger partial charge >= 0.3 is 5.97 Å². The molecule has 26 heavy (non-hydrogen) atoms. The summed E-state index contributed by atoms with van der Waals surface area (Å²) in [5.74, 6) is -2.79. The molecule has 2 N–H and O–H groups in total. The van der Waals surface area contributed by atoms with Gasteiger partial charge in [0.25, 0.3) is 0 Å². The first-order chi connectivity index (χ1) is 12.6. The summed E-state index contributed by atoms with van der Waals surface area (Å²) in [6.45, 7) is 0. The summed E-state index contributed by atoms with van der Waals surface area (Å²) >= 11 is 0. The molecule has 0 bridgehead atoms. The van der Waals surface area contributed by atoms with Gasteiger partial charge in [-0.25, -0.2) is 4.79 Å². The van der Waals surface area contributed by atoms with E-state index in [4.69, 9.17) is 5.11 Å². The monoisotopic (exact) mass is 346 g/mol. The predicted molar refractivity (Wildman–Crippen MR) is 96.2 cm³/mol. The van der Waals surface area contributed by atoms with Crippen LogP contribution < -0.4 is 10.4 Å². The van der Waals surface area contributed by atoms with Crippen LogP contribution in [0.2, 0.25) is 0 Å². The van der Waals surface area contributed by atoms with E-state index in [-0.39, 0.29) is 17.2 Å². The van der Waals surface area contributed by atoms with E-state index in [9.17, 15) is 14.7 Å². The molecule has 3 aromatic carbocycles. The molecular formula is C21H16NO4-. The predicted octanol–water partition coefficient (Wildman–Crippen LogP) is 3.23. The SMILES string of the molecule is O=C(O)c1ccc(NC(=O)C(c2ccccc2)c2ccccc2)cc1[O-]. The van der Waals surface area contributed by atoms with Crippen molar-refractivity contribution in [2.75, 3.05) is 5.32 Å². The molecule has 1 amide bonds. The Labute approximate surface area is 150 Å². The van der Waals surface area contributed by atoms with E-state index in [0.29, 0.717) is 0 Å². The Hall–Kier alpha value is -3.60. The van der Waals surface area contributed by atoms with E-state index in [1.807, 2.05) is 60.7 Å². The van der Waals surface area contributed by atoms with E-state index in [0.717, 1.165) is 17.2 Å². The Bertz CT molecular complexity index is 884. The number of amides is 1. The van der Waals surface area contributed by atoms with Crippen LogP contribution in [0.15, 0.2) is 78.9 Å². The van der Waals surface area contributed by atoms with Crippen LogP contribution in [0.1, 0.15) is 27.4 Å². The quantitative estimate of drug-likeness (QED) is 0.742. The standard InChI is InChI=1S/C21H17NO4/c23-18-13-16(11-12-17(18)21(25)26)22-20(24)19(14-7-3-1-4-8-14)15-9-5-2-6-10-15/h1-13,19,23H,(H,22,24)(H,25,26)/p-1. The van der Waals surface area contributed by atoms with Crippen molar-refractivity contribution in [2.24, 2.45) is 0 Å². The molecule has 3 rings (SSSR count). The Balaban J connectivity index is 1.92. The number of nitrogens with one attached hydrogen (secondary N) is 1. The number of anilines is 1. The first-order valence-corrected chi connectivity index (χ1v) is 8.01. The number of carbonyl (C=O) groups is 2. The number of aromatic carboxylic acids is 1. The lowest BCUT2D eigenvalue weighted by molar-refractivity contribution is -0.268. The second kappa shape index (κ2) is 7.53. The highest BCUT2D eigenvalue weighted by Gasteiger charge is 2.22. The third-order valence-electron chi connectivity index (χ3n) is 4.01. The number of carboxylic acid groups (broad SMARTS) is 1. The Morgan fingerprint density at radius 2 is 1.38 bits per heavy atom. The highest BCUT2D eigenvalue weighted by molar-refractivity contribution is 5.99. The highest BCUT2D eigenvalue weighted by Crippen LogP contribution is 2.27. The molecule has 0 aliphatic heterocycles. The zero-order chi connectivity index (χ0) is 18.5. The molecule has 5 heteroatoms. The highest BCUT2D eigenvalue weighted by atomic mass is 16.4. The van der Waals surface area contributed by atoms with Gasteiger partial charge in [0.05, 0.1) is 11.5 Å². The van der Waals surface area contributed by atoms with Crippen molar-refractivity contribution in [2.45, 2.75) is 5.92 Å². The molecule has 130 valence electrons. The summed E-state index contributed by atoms with van der Waals surface area (Å²) in [5.41, 5.74) is 1.58. The topological polar surface area (TPSA) is 89.5 Å². The summed E-state index contributed by atoms with van der Waals surface area (Å²) < 4.78 is 0. The van der Waals surface area contributed by atoms with Crippen LogP contribution in [0.3, 0.4) is 0 Å². The Morgan fingerprint density at radius 1 is 0.846 bits per heavy atom. The van der Waals surface area contributed by atoms with Crippen LogP contribution >= 0.6 is 0 Å². The first kappa shape index (κ1) is 17.2. The molecule has 0 atom stereocenters. The largest absolute Gasteiger partial charge is 0.872 e. The van der Waals surface area contributed by atoms with E-state index in [1.165, 1.54) is 12.1 Å². The lowest BCUT2D eigenvalue weighted by Crippen LogP contribution is -2.22. The van der Waals surface area contributed by atoms with E-state index in [1.54, 1.807) is 0 Å². The number of hydrogen-bond donors (Lipinski definition) is 2. The molecule has 0 saturated heterocycles. The fraction of sp³-hybridized carbons (Fsp3) is 0.0476. The molecule has 0 aromatic heterocycles. The second-order valence-electron chi connectivity index (χ2n) is 5.76. The minimum atomic E-state index is -1.29. The van der Waals surface area contributed by atoms with Crippen molar-refractivity contribution >= 4 is 17.6 Å². The Morgan fingerprint density at radius 3 is 1.85 bits per heavy atom. The van der Waals surface area contributed by atoms with Crippen molar-refractivity contribution in [1.82, 2.24) is 0 Å². The number of carbonyl (C=O) groups excluding carboxylic acids is 1. The number of carboxylic acids is 1. The zero-order valence-corrected chi connectivity index (χ0v) is 13.8. The molecule has 0 fully saturated rings. The zero-order valence-electron chi connectivity index (χ0n) is 13.8. The van der Waals surface area contributed by atoms with Gasteiger partial charge in [0.1, 0.15) is 0 Å². The summed E-state index contributed by atoms with van der Waals surface area (Å²) in [6.07, 6.45) is 0. The van der Waals surface area contributed by atoms with Gasteiger partial charge in [0.15, 0.2) is 0 Å². The number of rotatable bonds is 5. The van der Waals surface area contributed by atoms with Gasteiger partial charge in [-0.1, -0.05) is 66.4 Å². The third-order valence-corrected chi connectivity index (χ3v) is 4.01. The third kappa shape index (κ3) is 3.72. The number of benzene rings is 3. The average molecular weight is 346 g/mol. The average Bonchev–Trinajstić information content (AvgIpc) is 2.63. The van der Waals surface area contributed by atoms with Crippen LogP contribution in [0.5, 0.6) is 5.75 Å². The molecule has 0 saturated carbocycles. The van der Waals surface area contributed by atoms with Gasteiger partial charge in [-0.3, -0.25) is 4.79 Å². The lowest BCUT2D eigenvalue weighted by Gasteiger charge is -2.19. The van der Waals surface area contributed by atoms with Gasteiger partial charge in [-0.2, -0.15) is 0 Å². The fourth-order valence-corrected chi connectivity index (χ4v) is 2.78. The maximum absolute atomic E-state index is 12.9. The second-order valence-corrected chi connectivity index (χ2v) is 5.76. The van der Waals surface area contributed by atoms with Crippen LogP contribution in [0.25, 0.3) is 0 Å². The molecule has 3 aromatic rings. The van der Waals surface area contributed by atoms with Crippen LogP contribution in [0.4, 0.5) is 5.69 Å². The molecule has 0 aliphatic rings. The van der Waals surface area contributed by atoms with Gasteiger partial charge < -0.3 is 15.5 Å². The van der Waals surface area contributed by atoms with Crippen molar-refractivity contribution in [3.63, 3.8) is 0 Å². The minimum Gasteiger partial charge on any atom is -0.872 e. The molecule has 0 unspecified atom stereocenters. The maximum Gasteiger partial charge on any atom is 0.335 e. The van der Waals surface area contributed by atoms with Gasteiger partial charge in [0.2, 0.25) is 5.91 Å². The van der Waals surface area contributed by atoms with Crippen LogP contribution in [-0.2, 0) is 4.79 Å². The van der Waals surface area contributed by atoms with Crippen molar-refractivity contribution in [3.05, 3.63) is 95.6 Å². The molecule has 0 aliphatic carbocycles. The molecular weight excluding hydrogens is 330 g/mol. The maximum atomic E-state index is 12.9. The van der Waals surface area contributed by atoms with Crippen molar-refractivity contribution in [1.29, 1.82) is 0 Å². The van der Waals surface area contributed by atoms with Crippen molar-refractivity contribution in [3.8, 4) is 5.75 Å². The Kier molecular flexibility index (Phi) is 4.99. The summed E-state index contributed by atoms with van der Waals surface area (Å²) in [7, 11) is 0. The lowest BCUT2D eigenvalue weighted by atomic mass is 9.90. The summed E-state index contributed by atoms with van der Waals surface area (Å²) in [4.78, 5) is 23.9. The first-order valence-electron chi connectivity index (χ1n) is 8.01. The summed E-state index contributed by atoms with van der Waals surface area (Å²) in [5, 5.41) is 23.5.